The van der Waals surface area contributed by atoms with E-state index in [2.05, 4.69) is 15.5 Å². The van der Waals surface area contributed by atoms with Gasteiger partial charge in [0.15, 0.2) is 11.5 Å². The highest BCUT2D eigenvalue weighted by atomic mass is 35.5. The number of amides is 1. The van der Waals surface area contributed by atoms with Crippen molar-refractivity contribution in [3.05, 3.63) is 82.5 Å². The number of ether oxygens (including phenoxy) is 2. The lowest BCUT2D eigenvalue weighted by atomic mass is 10.0. The fourth-order valence-corrected chi connectivity index (χ4v) is 3.89. The molecule has 0 fully saturated rings. The van der Waals surface area contributed by atoms with Crippen molar-refractivity contribution in [2.24, 2.45) is 5.10 Å². The summed E-state index contributed by atoms with van der Waals surface area (Å²) in [4.78, 5) is 27.9. The minimum Gasteiger partial charge on any atom is -0.545 e. The Hall–Kier alpha value is -4.30. The Morgan fingerprint density at radius 2 is 1.82 bits per heavy atom. The topological polar surface area (TPSA) is 116 Å². The van der Waals surface area contributed by atoms with Crippen molar-refractivity contribution in [2.45, 2.75) is 0 Å². The molecule has 0 aliphatic heterocycles. The number of hydrogen-bond donors (Lipinski definition) is 2. The number of rotatable bonds is 7. The number of methoxy groups -OCH3 is 2. The molecule has 0 unspecified atom stereocenters. The van der Waals surface area contributed by atoms with E-state index in [0.717, 1.165) is 16.5 Å². The molecule has 3 aromatic carbocycles. The van der Waals surface area contributed by atoms with Gasteiger partial charge in [-0.05, 0) is 35.9 Å². The van der Waals surface area contributed by atoms with Crippen LogP contribution in [0.3, 0.4) is 0 Å². The predicted octanol–water partition coefficient (Wildman–Crippen LogP) is 3.63. The zero-order valence-corrected chi connectivity index (χ0v) is 19.0. The van der Waals surface area contributed by atoms with Crippen LogP contribution in [0.1, 0.15) is 26.4 Å². The van der Waals surface area contributed by atoms with Gasteiger partial charge in [-0.2, -0.15) is 5.10 Å². The molecule has 8 nitrogen and oxygen atoms in total. The molecule has 1 amide bonds. The van der Waals surface area contributed by atoms with E-state index in [-0.39, 0.29) is 28.3 Å². The standard InChI is InChI=1S/C25H20ClN3O5/c1-33-19-11-8-15(21(25(31)32)23(19)34-2)13-27-29-24(30)22-20(14-6-4-3-5-7-14)17-12-16(26)9-10-18(17)28-22/h3-13,28H,1-2H3,(H,29,30)(H,31,32)/p-1/b27-13-. The molecule has 2 N–H and O–H groups in total. The molecule has 172 valence electrons. The van der Waals surface area contributed by atoms with E-state index in [0.29, 0.717) is 10.6 Å². The Labute approximate surface area is 199 Å². The van der Waals surface area contributed by atoms with Crippen LogP contribution in [0.2, 0.25) is 5.02 Å². The quantitative estimate of drug-likeness (QED) is 0.312. The first-order chi connectivity index (χ1) is 16.4. The van der Waals surface area contributed by atoms with Crippen molar-refractivity contribution >= 4 is 40.6 Å². The van der Waals surface area contributed by atoms with Gasteiger partial charge in [0.05, 0.1) is 32.0 Å². The lowest BCUT2D eigenvalue weighted by Gasteiger charge is -2.15. The normalized spacial score (nSPS) is 11.0. The van der Waals surface area contributed by atoms with Gasteiger partial charge in [0.2, 0.25) is 0 Å². The molecule has 0 spiro atoms. The van der Waals surface area contributed by atoms with Crippen LogP contribution in [-0.4, -0.2) is 37.3 Å². The van der Waals surface area contributed by atoms with E-state index in [1.807, 2.05) is 30.3 Å². The number of carboxylic acids is 1. The average molecular weight is 477 g/mol. The number of halogens is 1. The summed E-state index contributed by atoms with van der Waals surface area (Å²) in [7, 11) is 2.71. The molecule has 1 aromatic heterocycles. The van der Waals surface area contributed by atoms with Crippen LogP contribution in [0.5, 0.6) is 11.5 Å². The molecular weight excluding hydrogens is 458 g/mol. The Morgan fingerprint density at radius 1 is 1.06 bits per heavy atom. The van der Waals surface area contributed by atoms with Crippen molar-refractivity contribution in [1.29, 1.82) is 0 Å². The van der Waals surface area contributed by atoms with E-state index in [1.165, 1.54) is 32.6 Å². The van der Waals surface area contributed by atoms with Crippen LogP contribution in [-0.2, 0) is 0 Å². The summed E-state index contributed by atoms with van der Waals surface area (Å²) < 4.78 is 10.3. The number of aromatic carboxylic acids is 1. The van der Waals surface area contributed by atoms with Gasteiger partial charge in [-0.25, -0.2) is 5.43 Å². The first kappa shape index (κ1) is 22.9. The molecule has 34 heavy (non-hydrogen) atoms. The molecule has 4 rings (SSSR count). The van der Waals surface area contributed by atoms with Crippen LogP contribution >= 0.6 is 11.6 Å². The summed E-state index contributed by atoms with van der Waals surface area (Å²) in [5, 5.41) is 17.0. The SMILES string of the molecule is COc1ccc(/C=N\NC(=O)c2[nH]c3ccc(Cl)cc3c2-c2ccccc2)c(C(=O)[O-])c1OC. The van der Waals surface area contributed by atoms with E-state index >= 15 is 0 Å². The molecule has 0 atom stereocenters. The Kier molecular flexibility index (Phi) is 6.51. The van der Waals surface area contributed by atoms with E-state index in [1.54, 1.807) is 18.2 Å². The second-order valence-electron chi connectivity index (χ2n) is 7.18. The van der Waals surface area contributed by atoms with Crippen molar-refractivity contribution in [1.82, 2.24) is 10.4 Å². The number of carboxylic acid groups (broad SMARTS) is 1. The minimum absolute atomic E-state index is 0.00311. The maximum atomic E-state index is 13.1. The first-order valence-electron chi connectivity index (χ1n) is 10.1. The van der Waals surface area contributed by atoms with Crippen molar-refractivity contribution < 1.29 is 24.2 Å². The molecule has 9 heteroatoms. The highest BCUT2D eigenvalue weighted by molar-refractivity contribution is 6.31. The van der Waals surface area contributed by atoms with Gasteiger partial charge in [0.1, 0.15) is 5.69 Å². The molecule has 0 radical (unpaired) electrons. The number of aromatic nitrogens is 1. The average Bonchev–Trinajstić information content (AvgIpc) is 3.22. The molecule has 0 aliphatic carbocycles. The molecular formula is C25H19ClN3O5-. The van der Waals surface area contributed by atoms with Gasteiger partial charge >= 0.3 is 0 Å². The summed E-state index contributed by atoms with van der Waals surface area (Å²) in [5.74, 6) is -1.76. The summed E-state index contributed by atoms with van der Waals surface area (Å²) in [5.41, 5.74) is 4.89. The molecule has 0 saturated carbocycles. The van der Waals surface area contributed by atoms with E-state index in [9.17, 15) is 14.7 Å². The third-order valence-corrected chi connectivity index (χ3v) is 5.44. The third kappa shape index (κ3) is 4.31. The van der Waals surface area contributed by atoms with E-state index in [4.69, 9.17) is 21.1 Å². The zero-order chi connectivity index (χ0) is 24.2. The van der Waals surface area contributed by atoms with Gasteiger partial charge in [0.25, 0.3) is 5.91 Å². The van der Waals surface area contributed by atoms with Gasteiger partial charge in [-0.15, -0.1) is 0 Å². The second-order valence-corrected chi connectivity index (χ2v) is 7.62. The van der Waals surface area contributed by atoms with Gasteiger partial charge in [-0.1, -0.05) is 41.9 Å². The minimum atomic E-state index is -1.47. The van der Waals surface area contributed by atoms with Crippen molar-refractivity contribution in [2.75, 3.05) is 14.2 Å². The van der Waals surface area contributed by atoms with Crippen LogP contribution in [0.15, 0.2) is 65.8 Å². The summed E-state index contributed by atoms with van der Waals surface area (Å²) in [6.45, 7) is 0. The van der Waals surface area contributed by atoms with Gasteiger partial charge in [-0.3, -0.25) is 4.79 Å². The smallest absolute Gasteiger partial charge is 0.288 e. The molecule has 1 heterocycles. The summed E-state index contributed by atoms with van der Waals surface area (Å²) >= 11 is 6.19. The number of benzene rings is 3. The fourth-order valence-electron chi connectivity index (χ4n) is 3.72. The summed E-state index contributed by atoms with van der Waals surface area (Å²) in [6, 6.07) is 17.7. The number of fused-ring (bicyclic) bond motifs is 1. The number of carbonyl (C=O) groups excluding carboxylic acids is 2. The highest BCUT2D eigenvalue weighted by Crippen LogP contribution is 2.34. The Balaban J connectivity index is 1.70. The van der Waals surface area contributed by atoms with Gasteiger partial charge in [0, 0.05) is 27.1 Å². The second kappa shape index (κ2) is 9.68. The largest absolute Gasteiger partial charge is 0.545 e. The molecule has 0 saturated heterocycles. The highest BCUT2D eigenvalue weighted by Gasteiger charge is 2.20. The van der Waals surface area contributed by atoms with Crippen molar-refractivity contribution in [3.63, 3.8) is 0 Å². The zero-order valence-electron chi connectivity index (χ0n) is 18.2. The van der Waals surface area contributed by atoms with Crippen LogP contribution in [0, 0.1) is 0 Å². The maximum Gasteiger partial charge on any atom is 0.288 e. The maximum absolute atomic E-state index is 13.1. The van der Waals surface area contributed by atoms with Crippen molar-refractivity contribution in [3.8, 4) is 22.6 Å². The van der Waals surface area contributed by atoms with Crippen LogP contribution in [0.25, 0.3) is 22.0 Å². The molecule has 0 bridgehead atoms. The Morgan fingerprint density at radius 3 is 2.50 bits per heavy atom. The lowest BCUT2D eigenvalue weighted by Crippen LogP contribution is -2.25. The Bertz CT molecular complexity index is 1410. The van der Waals surface area contributed by atoms with Crippen LogP contribution < -0.4 is 20.0 Å². The summed E-state index contributed by atoms with van der Waals surface area (Å²) in [6.07, 6.45) is 1.20. The number of hydrogen-bond acceptors (Lipinski definition) is 6. The number of carbonyl (C=O) groups is 2. The first-order valence-corrected chi connectivity index (χ1v) is 10.5. The number of H-pyrrole nitrogens is 1. The van der Waals surface area contributed by atoms with Gasteiger partial charge < -0.3 is 24.4 Å². The lowest BCUT2D eigenvalue weighted by molar-refractivity contribution is -0.255. The fraction of sp³-hybridized carbons (Fsp3) is 0.0800. The predicted molar refractivity (Wildman–Crippen MR) is 128 cm³/mol. The number of nitrogens with zero attached hydrogens (tertiary/aromatic N) is 1. The van der Waals surface area contributed by atoms with E-state index < -0.39 is 11.9 Å². The number of aromatic amines is 1. The number of nitrogens with one attached hydrogen (secondary N) is 2. The molecule has 0 aliphatic rings. The molecule has 4 aromatic rings. The third-order valence-electron chi connectivity index (χ3n) is 5.20. The monoisotopic (exact) mass is 476 g/mol. The number of hydrazone groups is 1. The van der Waals surface area contributed by atoms with Crippen LogP contribution in [0.4, 0.5) is 0 Å².